The normalized spacial score (nSPS) is 12.6. The number of hydrogen-bond acceptors (Lipinski definition) is 2. The predicted molar refractivity (Wildman–Crippen MR) is 95.7 cm³/mol. The van der Waals surface area contributed by atoms with Crippen LogP contribution in [0.15, 0.2) is 48.5 Å². The van der Waals surface area contributed by atoms with E-state index in [0.29, 0.717) is 24.0 Å². The van der Waals surface area contributed by atoms with E-state index >= 15 is 0 Å². The van der Waals surface area contributed by atoms with E-state index in [9.17, 15) is 22.4 Å². The first-order valence-corrected chi connectivity index (χ1v) is 8.86. The molecule has 27 heavy (non-hydrogen) atoms. The van der Waals surface area contributed by atoms with Crippen molar-refractivity contribution in [3.05, 3.63) is 59.9 Å². The summed E-state index contributed by atoms with van der Waals surface area (Å²) in [6.07, 6.45) is -4.26. The molecule has 0 aliphatic rings. The lowest BCUT2D eigenvalue weighted by Crippen LogP contribution is -2.14. The van der Waals surface area contributed by atoms with E-state index in [-0.39, 0.29) is 13.0 Å². The molecule has 1 atom stereocenters. The maximum Gasteiger partial charge on any atom is 0.389 e. The Balaban J connectivity index is 1.85. The predicted octanol–water partition coefficient (Wildman–Crippen LogP) is 6.26. The number of rotatable bonds is 8. The first kappa shape index (κ1) is 20.9. The van der Waals surface area contributed by atoms with Crippen LogP contribution in [0.2, 0.25) is 0 Å². The number of halogens is 4. The Labute approximate surface area is 156 Å². The van der Waals surface area contributed by atoms with Crippen molar-refractivity contribution in [2.24, 2.45) is 0 Å². The van der Waals surface area contributed by atoms with E-state index < -0.39 is 30.3 Å². The molecule has 0 amide bonds. The average molecular weight is 382 g/mol. The zero-order valence-corrected chi connectivity index (χ0v) is 15.1. The molecule has 2 aromatic rings. The van der Waals surface area contributed by atoms with E-state index in [1.165, 1.54) is 6.07 Å². The zero-order valence-electron chi connectivity index (χ0n) is 15.1. The van der Waals surface area contributed by atoms with Gasteiger partial charge in [-0.25, -0.2) is 4.39 Å². The Hall–Kier alpha value is -2.37. The summed E-state index contributed by atoms with van der Waals surface area (Å²) in [5, 5.41) is 0. The van der Waals surface area contributed by atoms with Crippen LogP contribution in [0.5, 0.6) is 0 Å². The molecular weight excluding hydrogens is 360 g/mol. The topological polar surface area (TPSA) is 26.3 Å². The lowest BCUT2D eigenvalue weighted by atomic mass is 9.97. The van der Waals surface area contributed by atoms with Crippen LogP contribution < -0.4 is 0 Å². The van der Waals surface area contributed by atoms with Crippen LogP contribution in [0.3, 0.4) is 0 Å². The molecular formula is C21H22F4O2. The van der Waals surface area contributed by atoms with Crippen LogP contribution in [-0.2, 0) is 9.53 Å². The van der Waals surface area contributed by atoms with Gasteiger partial charge in [0.2, 0.25) is 0 Å². The highest BCUT2D eigenvalue weighted by molar-refractivity contribution is 5.78. The number of carbonyl (C=O) groups excluding carboxylic acids is 1. The molecule has 0 saturated heterocycles. The molecule has 0 heterocycles. The third-order valence-electron chi connectivity index (χ3n) is 4.28. The molecule has 146 valence electrons. The first-order valence-electron chi connectivity index (χ1n) is 8.86. The van der Waals surface area contributed by atoms with Gasteiger partial charge in [-0.05, 0) is 43.4 Å². The van der Waals surface area contributed by atoms with Gasteiger partial charge in [0.1, 0.15) is 5.82 Å². The number of alkyl halides is 3. The lowest BCUT2D eigenvalue weighted by Gasteiger charge is -2.13. The van der Waals surface area contributed by atoms with Crippen LogP contribution in [-0.4, -0.2) is 18.8 Å². The number of benzene rings is 2. The summed E-state index contributed by atoms with van der Waals surface area (Å²) < 4.78 is 55.6. The standard InChI is InChI=1S/C21H22F4O2/c1-15(20(26)27-13-7-3-6-12-21(23,24)25)17-10-11-18(19(22)14-17)16-8-4-2-5-9-16/h2,4-5,8-11,14-15H,3,6-7,12-13H2,1H3. The third-order valence-corrected chi connectivity index (χ3v) is 4.28. The van der Waals surface area contributed by atoms with E-state index in [4.69, 9.17) is 4.74 Å². The molecule has 0 spiro atoms. The fraction of sp³-hybridized carbons (Fsp3) is 0.381. The van der Waals surface area contributed by atoms with Crippen molar-refractivity contribution in [1.29, 1.82) is 0 Å². The number of hydrogen-bond donors (Lipinski definition) is 0. The highest BCUT2D eigenvalue weighted by Gasteiger charge is 2.25. The maximum atomic E-state index is 14.4. The Morgan fingerprint density at radius 2 is 1.74 bits per heavy atom. The summed E-state index contributed by atoms with van der Waals surface area (Å²) in [6, 6.07) is 13.7. The minimum Gasteiger partial charge on any atom is -0.465 e. The van der Waals surface area contributed by atoms with Crippen LogP contribution in [0.4, 0.5) is 17.6 Å². The number of unbranched alkanes of at least 4 members (excludes halogenated alkanes) is 2. The number of carbonyl (C=O) groups is 1. The summed E-state index contributed by atoms with van der Waals surface area (Å²) in [6.45, 7) is 1.68. The summed E-state index contributed by atoms with van der Waals surface area (Å²) >= 11 is 0. The van der Waals surface area contributed by atoms with Gasteiger partial charge in [-0.3, -0.25) is 4.79 Å². The van der Waals surface area contributed by atoms with E-state index in [1.54, 1.807) is 31.2 Å². The Morgan fingerprint density at radius 1 is 1.04 bits per heavy atom. The highest BCUT2D eigenvalue weighted by atomic mass is 19.4. The smallest absolute Gasteiger partial charge is 0.389 e. The monoisotopic (exact) mass is 382 g/mol. The van der Waals surface area contributed by atoms with Crippen LogP contribution in [0.25, 0.3) is 11.1 Å². The van der Waals surface area contributed by atoms with Crippen LogP contribution in [0.1, 0.15) is 44.1 Å². The van der Waals surface area contributed by atoms with Gasteiger partial charge >= 0.3 is 12.1 Å². The Morgan fingerprint density at radius 3 is 2.37 bits per heavy atom. The molecule has 2 aromatic carbocycles. The highest BCUT2D eigenvalue weighted by Crippen LogP contribution is 2.27. The molecule has 2 rings (SSSR count). The average Bonchev–Trinajstić information content (AvgIpc) is 2.63. The molecule has 0 bridgehead atoms. The van der Waals surface area contributed by atoms with Crippen molar-refractivity contribution >= 4 is 5.97 Å². The minimum absolute atomic E-state index is 0.0166. The van der Waals surface area contributed by atoms with Crippen molar-refractivity contribution in [2.45, 2.75) is 44.7 Å². The molecule has 0 fully saturated rings. The molecule has 0 saturated carbocycles. The van der Waals surface area contributed by atoms with Crippen molar-refractivity contribution in [2.75, 3.05) is 6.61 Å². The molecule has 2 nitrogen and oxygen atoms in total. The van der Waals surface area contributed by atoms with Crippen LogP contribution in [0, 0.1) is 5.82 Å². The van der Waals surface area contributed by atoms with Gasteiger partial charge in [-0.1, -0.05) is 42.5 Å². The fourth-order valence-electron chi connectivity index (χ4n) is 2.69. The van der Waals surface area contributed by atoms with Crippen LogP contribution >= 0.6 is 0 Å². The van der Waals surface area contributed by atoms with E-state index in [0.717, 1.165) is 5.56 Å². The van der Waals surface area contributed by atoms with Gasteiger partial charge in [0.05, 0.1) is 12.5 Å². The second kappa shape index (κ2) is 9.53. The first-order chi connectivity index (χ1) is 12.8. The van der Waals surface area contributed by atoms with Gasteiger partial charge in [0, 0.05) is 12.0 Å². The second-order valence-corrected chi connectivity index (χ2v) is 6.42. The van der Waals surface area contributed by atoms with Gasteiger partial charge in [0.15, 0.2) is 0 Å². The van der Waals surface area contributed by atoms with Gasteiger partial charge < -0.3 is 4.74 Å². The van der Waals surface area contributed by atoms with Crippen molar-refractivity contribution in [3.63, 3.8) is 0 Å². The summed E-state index contributed by atoms with van der Waals surface area (Å²) in [5.41, 5.74) is 1.69. The van der Waals surface area contributed by atoms with Gasteiger partial charge in [0.25, 0.3) is 0 Å². The second-order valence-electron chi connectivity index (χ2n) is 6.42. The lowest BCUT2D eigenvalue weighted by molar-refractivity contribution is -0.145. The molecule has 0 radical (unpaired) electrons. The van der Waals surface area contributed by atoms with Crippen molar-refractivity contribution in [1.82, 2.24) is 0 Å². The summed E-state index contributed by atoms with van der Waals surface area (Å²) in [5.74, 6) is -1.59. The Kier molecular flexibility index (Phi) is 7.39. The molecule has 1 unspecified atom stereocenters. The fourth-order valence-corrected chi connectivity index (χ4v) is 2.69. The van der Waals surface area contributed by atoms with E-state index in [1.807, 2.05) is 18.2 Å². The van der Waals surface area contributed by atoms with Crippen molar-refractivity contribution in [3.8, 4) is 11.1 Å². The largest absolute Gasteiger partial charge is 0.465 e. The van der Waals surface area contributed by atoms with E-state index in [2.05, 4.69) is 0 Å². The SMILES string of the molecule is CC(C(=O)OCCCCCC(F)(F)F)c1ccc(-c2ccccc2)c(F)c1. The zero-order chi connectivity index (χ0) is 19.9. The molecule has 0 aliphatic carbocycles. The molecule has 0 N–H and O–H groups in total. The summed E-state index contributed by atoms with van der Waals surface area (Å²) in [7, 11) is 0. The molecule has 6 heteroatoms. The Bertz CT molecular complexity index is 742. The molecule has 0 aromatic heterocycles. The maximum absolute atomic E-state index is 14.4. The van der Waals surface area contributed by atoms with Crippen molar-refractivity contribution < 1.29 is 27.1 Å². The number of esters is 1. The minimum atomic E-state index is -4.15. The summed E-state index contributed by atoms with van der Waals surface area (Å²) in [4.78, 5) is 12.1. The number of ether oxygens (including phenoxy) is 1. The van der Waals surface area contributed by atoms with Gasteiger partial charge in [-0.2, -0.15) is 13.2 Å². The molecule has 0 aliphatic heterocycles. The third kappa shape index (κ3) is 6.70. The van der Waals surface area contributed by atoms with Gasteiger partial charge in [-0.15, -0.1) is 0 Å². The quantitative estimate of drug-likeness (QED) is 0.306.